The maximum atomic E-state index is 10.5. The first-order chi connectivity index (χ1) is 3.72. The van der Waals surface area contributed by atoms with Crippen molar-refractivity contribution in [2.75, 3.05) is 13.6 Å². The van der Waals surface area contributed by atoms with E-state index in [1.807, 2.05) is 0 Å². The van der Waals surface area contributed by atoms with Crippen LogP contribution in [0.15, 0.2) is 11.6 Å². The minimum absolute atomic E-state index is 0. The van der Waals surface area contributed by atoms with Gasteiger partial charge in [0.05, 0.1) is 0 Å². The molecule has 1 N–H and O–H groups in total. The summed E-state index contributed by atoms with van der Waals surface area (Å²) in [5.41, 5.74) is 0. The van der Waals surface area contributed by atoms with Crippen LogP contribution in [-0.2, 0) is 0 Å². The van der Waals surface area contributed by atoms with Gasteiger partial charge in [-0.05, 0) is 5.88 Å². The summed E-state index contributed by atoms with van der Waals surface area (Å²) in [6.07, 6.45) is 0.509. The number of hydrogen-bond donors (Lipinski definition) is 1. The molecule has 0 amide bonds. The van der Waals surface area contributed by atoms with Crippen molar-refractivity contribution in [3.05, 3.63) is 11.6 Å². The molecule has 0 fully saturated rings. The van der Waals surface area contributed by atoms with Gasteiger partial charge in [0.2, 0.25) is 0 Å². The Kier molecular flexibility index (Phi) is 3.40. The molecule has 0 spiro atoms. The van der Waals surface area contributed by atoms with Gasteiger partial charge in [0.15, 0.2) is 0 Å². The van der Waals surface area contributed by atoms with Crippen LogP contribution in [0.1, 0.15) is 6.42 Å². The Morgan fingerprint density at radius 2 is 2.22 bits per heavy atom. The summed E-state index contributed by atoms with van der Waals surface area (Å²) in [6, 6.07) is 0. The average Bonchev–Trinajstić information content (AvgIpc) is 1.98. The SMILES string of the molecule is CN1CCC(O)=C1[O-].[Na+]. The van der Waals surface area contributed by atoms with Crippen LogP contribution in [0.2, 0.25) is 0 Å². The minimum atomic E-state index is -0.231. The van der Waals surface area contributed by atoms with E-state index in [-0.39, 0.29) is 41.2 Å². The van der Waals surface area contributed by atoms with E-state index in [0.29, 0.717) is 13.0 Å². The van der Waals surface area contributed by atoms with Crippen molar-refractivity contribution in [3.63, 3.8) is 0 Å². The fourth-order valence-corrected chi connectivity index (χ4v) is 0.702. The molecule has 46 valence electrons. The molecular weight excluding hydrogens is 129 g/mol. The first-order valence-corrected chi connectivity index (χ1v) is 2.52. The fourth-order valence-electron chi connectivity index (χ4n) is 0.702. The summed E-state index contributed by atoms with van der Waals surface area (Å²) < 4.78 is 0. The summed E-state index contributed by atoms with van der Waals surface area (Å²) in [6.45, 7) is 0.657. The van der Waals surface area contributed by atoms with Gasteiger partial charge in [-0.15, -0.1) is 0 Å². The van der Waals surface area contributed by atoms with Gasteiger partial charge in [-0.2, -0.15) is 0 Å². The van der Waals surface area contributed by atoms with Gasteiger partial charge < -0.3 is 15.1 Å². The minimum Gasteiger partial charge on any atom is -0.858 e. The molecular formula is C5H8NNaO2. The maximum absolute atomic E-state index is 10.5. The molecule has 0 aromatic carbocycles. The summed E-state index contributed by atoms with van der Waals surface area (Å²) in [5.74, 6) is -0.238. The van der Waals surface area contributed by atoms with Crippen LogP contribution in [0.25, 0.3) is 0 Å². The number of aliphatic hydroxyl groups is 1. The third kappa shape index (κ3) is 1.78. The van der Waals surface area contributed by atoms with Crippen LogP contribution < -0.4 is 34.7 Å². The normalized spacial score (nSPS) is 18.1. The molecule has 0 bridgehead atoms. The van der Waals surface area contributed by atoms with Gasteiger partial charge in [0.1, 0.15) is 5.76 Å². The van der Waals surface area contributed by atoms with E-state index < -0.39 is 0 Å². The molecule has 0 saturated carbocycles. The standard InChI is InChI=1S/C5H9NO2.Na/c1-6-3-2-4(7)5(6)8;/h7-8H,2-3H2,1H3;/q;+1/p-1. The van der Waals surface area contributed by atoms with Crippen LogP contribution in [0.3, 0.4) is 0 Å². The molecule has 0 saturated heterocycles. The second kappa shape index (κ2) is 3.34. The Morgan fingerprint density at radius 1 is 1.67 bits per heavy atom. The molecule has 1 aliphatic heterocycles. The van der Waals surface area contributed by atoms with E-state index in [0.717, 1.165) is 0 Å². The quantitative estimate of drug-likeness (QED) is 0.351. The van der Waals surface area contributed by atoms with Crippen molar-refractivity contribution in [1.29, 1.82) is 0 Å². The predicted molar refractivity (Wildman–Crippen MR) is 26.9 cm³/mol. The van der Waals surface area contributed by atoms with E-state index in [1.165, 1.54) is 4.90 Å². The van der Waals surface area contributed by atoms with Gasteiger partial charge in [-0.3, -0.25) is 0 Å². The molecule has 0 aliphatic carbocycles. The van der Waals surface area contributed by atoms with Gasteiger partial charge in [0.25, 0.3) is 0 Å². The molecule has 0 aromatic heterocycles. The maximum Gasteiger partial charge on any atom is 1.00 e. The van der Waals surface area contributed by atoms with Crippen molar-refractivity contribution in [3.8, 4) is 0 Å². The van der Waals surface area contributed by atoms with E-state index >= 15 is 0 Å². The number of rotatable bonds is 0. The van der Waals surface area contributed by atoms with E-state index in [9.17, 15) is 5.11 Å². The topological polar surface area (TPSA) is 46.5 Å². The number of nitrogens with zero attached hydrogens (tertiary/aromatic N) is 1. The Labute approximate surface area is 76.3 Å². The third-order valence-corrected chi connectivity index (χ3v) is 1.28. The largest absolute Gasteiger partial charge is 1.00 e. The Morgan fingerprint density at radius 3 is 2.33 bits per heavy atom. The number of aliphatic hydroxyl groups excluding tert-OH is 1. The monoisotopic (exact) mass is 137 g/mol. The molecule has 0 unspecified atom stereocenters. The second-order valence-corrected chi connectivity index (χ2v) is 1.92. The van der Waals surface area contributed by atoms with Crippen LogP contribution in [0.5, 0.6) is 0 Å². The van der Waals surface area contributed by atoms with Gasteiger partial charge >= 0.3 is 29.6 Å². The Bertz CT molecular complexity index is 135. The predicted octanol–water partition coefficient (Wildman–Crippen LogP) is -3.59. The van der Waals surface area contributed by atoms with Crippen LogP contribution in [0, 0.1) is 0 Å². The van der Waals surface area contributed by atoms with Gasteiger partial charge in [0, 0.05) is 20.0 Å². The molecule has 1 heterocycles. The van der Waals surface area contributed by atoms with Crippen molar-refractivity contribution in [2.45, 2.75) is 6.42 Å². The van der Waals surface area contributed by atoms with Crippen molar-refractivity contribution in [2.24, 2.45) is 0 Å². The summed E-state index contributed by atoms with van der Waals surface area (Å²) >= 11 is 0. The number of hydrogen-bond acceptors (Lipinski definition) is 3. The van der Waals surface area contributed by atoms with E-state index in [4.69, 9.17) is 5.11 Å². The zero-order valence-electron chi connectivity index (χ0n) is 5.72. The van der Waals surface area contributed by atoms with Crippen LogP contribution in [0.4, 0.5) is 0 Å². The molecule has 3 nitrogen and oxygen atoms in total. The van der Waals surface area contributed by atoms with Crippen molar-refractivity contribution >= 4 is 0 Å². The zero-order chi connectivity index (χ0) is 6.15. The fraction of sp³-hybridized carbons (Fsp3) is 0.600. The molecule has 0 radical (unpaired) electrons. The van der Waals surface area contributed by atoms with Crippen LogP contribution in [-0.4, -0.2) is 23.6 Å². The van der Waals surface area contributed by atoms with E-state index in [2.05, 4.69) is 0 Å². The van der Waals surface area contributed by atoms with Gasteiger partial charge in [-0.1, -0.05) is 0 Å². The van der Waals surface area contributed by atoms with E-state index in [1.54, 1.807) is 7.05 Å². The second-order valence-electron chi connectivity index (χ2n) is 1.92. The third-order valence-electron chi connectivity index (χ3n) is 1.28. The first kappa shape index (κ1) is 9.14. The summed E-state index contributed by atoms with van der Waals surface area (Å²) in [5, 5.41) is 19.2. The van der Waals surface area contributed by atoms with Crippen molar-refractivity contribution < 1.29 is 39.8 Å². The molecule has 0 atom stereocenters. The summed E-state index contributed by atoms with van der Waals surface area (Å²) in [7, 11) is 1.67. The molecule has 1 aliphatic rings. The molecule has 1 rings (SSSR count). The Balaban J connectivity index is 0.000000640. The molecule has 9 heavy (non-hydrogen) atoms. The van der Waals surface area contributed by atoms with Crippen LogP contribution >= 0.6 is 0 Å². The van der Waals surface area contributed by atoms with Gasteiger partial charge in [-0.25, -0.2) is 0 Å². The molecule has 0 aromatic rings. The average molecular weight is 137 g/mol. The smallest absolute Gasteiger partial charge is 0.858 e. The first-order valence-electron chi connectivity index (χ1n) is 2.52. The summed E-state index contributed by atoms with van der Waals surface area (Å²) in [4.78, 5) is 1.50. The van der Waals surface area contributed by atoms with Crippen molar-refractivity contribution in [1.82, 2.24) is 4.90 Å². The zero-order valence-corrected chi connectivity index (χ0v) is 7.72. The molecule has 4 heteroatoms. The Hall–Kier alpha value is 0.140.